The molecule has 146 valence electrons. The van der Waals surface area contributed by atoms with Crippen LogP contribution < -0.4 is 9.80 Å². The van der Waals surface area contributed by atoms with E-state index >= 15 is 0 Å². The van der Waals surface area contributed by atoms with E-state index < -0.39 is 5.97 Å². The first-order valence-electron chi connectivity index (χ1n) is 8.88. The van der Waals surface area contributed by atoms with Crippen molar-refractivity contribution < 1.29 is 14.3 Å². The van der Waals surface area contributed by atoms with E-state index in [0.717, 1.165) is 5.69 Å². The first-order valence-corrected chi connectivity index (χ1v) is 8.88. The second kappa shape index (κ2) is 7.39. The Morgan fingerprint density at radius 3 is 2.61 bits per heavy atom. The van der Waals surface area contributed by atoms with E-state index in [0.29, 0.717) is 49.1 Å². The maximum atomic E-state index is 12.2. The van der Waals surface area contributed by atoms with Gasteiger partial charge < -0.3 is 19.3 Å². The van der Waals surface area contributed by atoms with Crippen molar-refractivity contribution >= 4 is 28.5 Å². The molecule has 0 spiro atoms. The zero-order valence-corrected chi connectivity index (χ0v) is 16.0. The molecule has 10 nitrogen and oxygen atoms in total. The number of nitrogens with zero attached hydrogens (tertiary/aromatic N) is 7. The van der Waals surface area contributed by atoms with Gasteiger partial charge in [0.2, 0.25) is 5.95 Å². The lowest BCUT2D eigenvalue weighted by Crippen LogP contribution is -2.37. The number of methoxy groups -OCH3 is 1. The van der Waals surface area contributed by atoms with Gasteiger partial charge in [-0.3, -0.25) is 4.57 Å². The van der Waals surface area contributed by atoms with Crippen molar-refractivity contribution in [3.05, 3.63) is 30.5 Å². The van der Waals surface area contributed by atoms with Gasteiger partial charge in [-0.2, -0.15) is 4.98 Å². The Labute approximate surface area is 161 Å². The lowest BCUT2D eigenvalue weighted by atomic mass is 10.2. The molecule has 28 heavy (non-hydrogen) atoms. The van der Waals surface area contributed by atoms with Gasteiger partial charge in [0.15, 0.2) is 11.5 Å². The van der Waals surface area contributed by atoms with E-state index in [2.05, 4.69) is 14.9 Å². The van der Waals surface area contributed by atoms with Crippen LogP contribution >= 0.6 is 0 Å². The summed E-state index contributed by atoms with van der Waals surface area (Å²) in [6.45, 7) is 2.56. The van der Waals surface area contributed by atoms with Crippen LogP contribution in [0.25, 0.3) is 17.0 Å². The number of rotatable bonds is 4. The monoisotopic (exact) mass is 383 g/mol. The molecule has 0 saturated carbocycles. The van der Waals surface area contributed by atoms with Crippen LogP contribution in [0.2, 0.25) is 0 Å². The average molecular weight is 383 g/mol. The minimum absolute atomic E-state index is 0.215. The van der Waals surface area contributed by atoms with Gasteiger partial charge in [-0.05, 0) is 6.07 Å². The topological polar surface area (TPSA) is 98.5 Å². The third kappa shape index (κ3) is 3.22. The summed E-state index contributed by atoms with van der Waals surface area (Å²) in [7, 11) is 5.12. The number of anilines is 2. The summed E-state index contributed by atoms with van der Waals surface area (Å²) in [6.07, 6.45) is 5.11. The van der Waals surface area contributed by atoms with Crippen LogP contribution in [0.3, 0.4) is 0 Å². The number of carbonyl (C=O) groups is 1. The molecule has 4 rings (SSSR count). The molecule has 1 fully saturated rings. The molecular weight excluding hydrogens is 362 g/mol. The average Bonchev–Trinajstić information content (AvgIpc) is 3.27. The van der Waals surface area contributed by atoms with Crippen molar-refractivity contribution in [1.82, 2.24) is 24.5 Å². The van der Waals surface area contributed by atoms with Gasteiger partial charge in [0.25, 0.3) is 0 Å². The van der Waals surface area contributed by atoms with Crippen LogP contribution in [0.15, 0.2) is 24.8 Å². The van der Waals surface area contributed by atoms with Crippen LogP contribution in [-0.4, -0.2) is 78.0 Å². The highest BCUT2D eigenvalue weighted by molar-refractivity contribution is 6.00. The first kappa shape index (κ1) is 18.1. The molecule has 0 amide bonds. The third-order valence-electron chi connectivity index (χ3n) is 4.52. The van der Waals surface area contributed by atoms with Crippen molar-refractivity contribution in [1.29, 1.82) is 0 Å². The van der Waals surface area contributed by atoms with E-state index in [-0.39, 0.29) is 5.69 Å². The standard InChI is InChI=1S/C18H21N7O3/c1-23(2)13-10-12(17(26)27-3)20-15-14(13)21-18(25-5-4-19-11-25)22-16(15)24-6-8-28-9-7-24/h4-5,10-11H,6-9H2,1-3H3. The first-order chi connectivity index (χ1) is 13.6. The summed E-state index contributed by atoms with van der Waals surface area (Å²) in [5.41, 5.74) is 2.17. The Morgan fingerprint density at radius 2 is 1.96 bits per heavy atom. The maximum absolute atomic E-state index is 12.2. The number of aromatic nitrogens is 5. The fraction of sp³-hybridized carbons (Fsp3) is 0.389. The summed E-state index contributed by atoms with van der Waals surface area (Å²) in [5.74, 6) is 0.643. The number of ether oxygens (including phenoxy) is 2. The quantitative estimate of drug-likeness (QED) is 0.609. The molecule has 1 aliphatic heterocycles. The fourth-order valence-electron chi connectivity index (χ4n) is 3.10. The predicted molar refractivity (Wildman–Crippen MR) is 103 cm³/mol. The second-order valence-corrected chi connectivity index (χ2v) is 6.53. The number of hydrogen-bond acceptors (Lipinski definition) is 9. The number of hydrogen-bond donors (Lipinski definition) is 0. The number of fused-ring (bicyclic) bond motifs is 1. The van der Waals surface area contributed by atoms with Crippen molar-refractivity contribution in [2.24, 2.45) is 0 Å². The Kier molecular flexibility index (Phi) is 4.78. The van der Waals surface area contributed by atoms with E-state index in [1.165, 1.54) is 7.11 Å². The van der Waals surface area contributed by atoms with E-state index in [4.69, 9.17) is 19.4 Å². The number of morpholine rings is 1. The molecule has 10 heteroatoms. The Bertz CT molecular complexity index is 998. The second-order valence-electron chi connectivity index (χ2n) is 6.53. The summed E-state index contributed by atoms with van der Waals surface area (Å²) < 4.78 is 12.1. The van der Waals surface area contributed by atoms with Crippen LogP contribution in [0.4, 0.5) is 11.5 Å². The Morgan fingerprint density at radius 1 is 1.18 bits per heavy atom. The fourth-order valence-corrected chi connectivity index (χ4v) is 3.10. The van der Waals surface area contributed by atoms with Gasteiger partial charge >= 0.3 is 5.97 Å². The van der Waals surface area contributed by atoms with Crippen molar-refractivity contribution in [2.45, 2.75) is 0 Å². The van der Waals surface area contributed by atoms with Gasteiger partial charge in [0, 0.05) is 39.6 Å². The molecule has 3 aromatic heterocycles. The molecule has 0 atom stereocenters. The molecule has 0 aliphatic carbocycles. The molecule has 4 heterocycles. The summed E-state index contributed by atoms with van der Waals surface area (Å²) in [5, 5.41) is 0. The Balaban J connectivity index is 2.01. The molecular formula is C18H21N7O3. The molecule has 0 unspecified atom stereocenters. The van der Waals surface area contributed by atoms with Gasteiger partial charge in [-0.25, -0.2) is 19.7 Å². The van der Waals surface area contributed by atoms with E-state index in [9.17, 15) is 4.79 Å². The van der Waals surface area contributed by atoms with Crippen LogP contribution in [-0.2, 0) is 9.47 Å². The number of pyridine rings is 1. The minimum Gasteiger partial charge on any atom is -0.464 e. The highest BCUT2D eigenvalue weighted by atomic mass is 16.5. The SMILES string of the molecule is COC(=O)c1cc(N(C)C)c2nc(-n3ccnc3)nc(N3CCOCC3)c2n1. The van der Waals surface area contributed by atoms with E-state index in [1.54, 1.807) is 29.4 Å². The molecule has 0 bridgehead atoms. The molecule has 0 radical (unpaired) electrons. The normalized spacial score (nSPS) is 14.3. The third-order valence-corrected chi connectivity index (χ3v) is 4.52. The largest absolute Gasteiger partial charge is 0.464 e. The van der Waals surface area contributed by atoms with E-state index in [1.807, 2.05) is 19.0 Å². The van der Waals surface area contributed by atoms with Crippen molar-refractivity contribution in [2.75, 3.05) is 57.3 Å². The number of esters is 1. The van der Waals surface area contributed by atoms with Gasteiger partial charge in [-0.15, -0.1) is 0 Å². The number of imidazole rings is 1. The summed E-state index contributed by atoms with van der Waals surface area (Å²) >= 11 is 0. The zero-order valence-electron chi connectivity index (χ0n) is 16.0. The summed E-state index contributed by atoms with van der Waals surface area (Å²) in [6, 6.07) is 1.68. The Hall–Kier alpha value is -3.27. The smallest absolute Gasteiger partial charge is 0.356 e. The molecule has 3 aromatic rings. The van der Waals surface area contributed by atoms with Crippen LogP contribution in [0.5, 0.6) is 0 Å². The van der Waals surface area contributed by atoms with Gasteiger partial charge in [-0.1, -0.05) is 0 Å². The predicted octanol–water partition coefficient (Wildman–Crippen LogP) is 0.900. The highest BCUT2D eigenvalue weighted by Crippen LogP contribution is 2.31. The lowest BCUT2D eigenvalue weighted by Gasteiger charge is -2.29. The van der Waals surface area contributed by atoms with Crippen molar-refractivity contribution in [3.8, 4) is 5.95 Å². The van der Waals surface area contributed by atoms with Crippen LogP contribution in [0.1, 0.15) is 10.5 Å². The minimum atomic E-state index is -0.503. The molecule has 1 saturated heterocycles. The van der Waals surface area contributed by atoms with Gasteiger partial charge in [0.05, 0.1) is 26.0 Å². The molecule has 0 N–H and O–H groups in total. The molecule has 1 aliphatic rings. The van der Waals surface area contributed by atoms with Crippen LogP contribution in [0, 0.1) is 0 Å². The zero-order chi connectivity index (χ0) is 19.7. The van der Waals surface area contributed by atoms with Crippen molar-refractivity contribution in [3.63, 3.8) is 0 Å². The van der Waals surface area contributed by atoms with Gasteiger partial charge in [0.1, 0.15) is 17.4 Å². The highest BCUT2D eigenvalue weighted by Gasteiger charge is 2.23. The lowest BCUT2D eigenvalue weighted by molar-refractivity contribution is 0.0594. The number of carbonyl (C=O) groups excluding carboxylic acids is 1. The maximum Gasteiger partial charge on any atom is 0.356 e. The molecule has 0 aromatic carbocycles. The summed E-state index contributed by atoms with van der Waals surface area (Å²) in [4.78, 5) is 34.3.